The second-order valence-corrected chi connectivity index (χ2v) is 6.45. The first-order chi connectivity index (χ1) is 13.2. The zero-order valence-corrected chi connectivity index (χ0v) is 15.6. The highest BCUT2D eigenvalue weighted by Gasteiger charge is 2.17. The molecule has 0 aromatic heterocycles. The Kier molecular flexibility index (Phi) is 4.90. The van der Waals surface area contributed by atoms with Crippen LogP contribution >= 0.6 is 11.6 Å². The first kappa shape index (κ1) is 17.3. The molecular weight excluding hydrogens is 358 g/mol. The van der Waals surface area contributed by atoms with Crippen LogP contribution in [0.4, 0.5) is 5.69 Å². The number of halogens is 1. The minimum Gasteiger partial charge on any atom is -0.494 e. The fourth-order valence-electron chi connectivity index (χ4n) is 2.95. The molecule has 3 aromatic rings. The van der Waals surface area contributed by atoms with Crippen molar-refractivity contribution < 1.29 is 4.74 Å². The summed E-state index contributed by atoms with van der Waals surface area (Å²) in [5.41, 5.74) is 7.60. The number of ether oxygens (including phenoxy) is 1. The minimum atomic E-state index is 0.638. The molecule has 1 aliphatic rings. The van der Waals surface area contributed by atoms with Crippen LogP contribution in [0.2, 0.25) is 5.02 Å². The van der Waals surface area contributed by atoms with Crippen LogP contribution in [0.1, 0.15) is 23.6 Å². The molecule has 134 valence electrons. The van der Waals surface area contributed by atoms with Crippen LogP contribution < -0.4 is 10.2 Å². The summed E-state index contributed by atoms with van der Waals surface area (Å²) in [6.45, 7) is 2.60. The number of nitrogens with one attached hydrogen (secondary N) is 1. The van der Waals surface area contributed by atoms with Gasteiger partial charge in [-0.2, -0.15) is 5.10 Å². The molecule has 4 nitrogen and oxygen atoms in total. The van der Waals surface area contributed by atoms with E-state index in [1.807, 2.05) is 79.7 Å². The Bertz CT molecular complexity index is 1030. The number of fused-ring (bicyclic) bond motifs is 1. The number of para-hydroxylation sites is 1. The molecule has 0 spiro atoms. The lowest BCUT2D eigenvalue weighted by atomic mass is 10.0. The molecule has 1 N–H and O–H groups in total. The van der Waals surface area contributed by atoms with Gasteiger partial charge < -0.3 is 4.74 Å². The summed E-state index contributed by atoms with van der Waals surface area (Å²) >= 11 is 6.18. The van der Waals surface area contributed by atoms with Gasteiger partial charge in [-0.3, -0.25) is 5.43 Å². The van der Waals surface area contributed by atoms with Gasteiger partial charge in [0.05, 0.1) is 12.3 Å². The Morgan fingerprint density at radius 1 is 0.926 bits per heavy atom. The molecule has 4 rings (SSSR count). The van der Waals surface area contributed by atoms with Gasteiger partial charge in [0.2, 0.25) is 0 Å². The van der Waals surface area contributed by atoms with Crippen molar-refractivity contribution in [3.8, 4) is 5.75 Å². The highest BCUT2D eigenvalue weighted by Crippen LogP contribution is 2.26. The van der Waals surface area contributed by atoms with Gasteiger partial charge >= 0.3 is 0 Å². The smallest absolute Gasteiger partial charge is 0.154 e. The lowest BCUT2D eigenvalue weighted by Crippen LogP contribution is -2.19. The van der Waals surface area contributed by atoms with Crippen LogP contribution in [-0.2, 0) is 0 Å². The summed E-state index contributed by atoms with van der Waals surface area (Å²) in [6.07, 6.45) is 0. The van der Waals surface area contributed by atoms with Crippen molar-refractivity contribution in [2.75, 3.05) is 6.61 Å². The molecule has 1 heterocycles. The molecule has 0 bridgehead atoms. The first-order valence-electron chi connectivity index (χ1n) is 8.75. The van der Waals surface area contributed by atoms with Gasteiger partial charge in [0, 0.05) is 21.7 Å². The lowest BCUT2D eigenvalue weighted by molar-refractivity contribution is 0.340. The van der Waals surface area contributed by atoms with Gasteiger partial charge in [0.1, 0.15) is 11.5 Å². The largest absolute Gasteiger partial charge is 0.494 e. The Hall–Kier alpha value is -3.11. The average molecular weight is 376 g/mol. The van der Waals surface area contributed by atoms with Crippen LogP contribution in [0.3, 0.4) is 0 Å². The monoisotopic (exact) mass is 375 g/mol. The fraction of sp³-hybridized carbons (Fsp3) is 0.0909. The maximum atomic E-state index is 6.18. The summed E-state index contributed by atoms with van der Waals surface area (Å²) < 4.78 is 5.51. The van der Waals surface area contributed by atoms with Crippen molar-refractivity contribution in [3.05, 3.63) is 94.5 Å². The topological polar surface area (TPSA) is 46.0 Å². The Morgan fingerprint density at radius 2 is 1.74 bits per heavy atom. The second kappa shape index (κ2) is 7.64. The molecule has 27 heavy (non-hydrogen) atoms. The second-order valence-electron chi connectivity index (χ2n) is 6.02. The van der Waals surface area contributed by atoms with Crippen LogP contribution in [0.25, 0.3) is 0 Å². The van der Waals surface area contributed by atoms with E-state index in [1.54, 1.807) is 0 Å². The van der Waals surface area contributed by atoms with Gasteiger partial charge in [-0.05, 0) is 49.4 Å². The number of rotatable bonds is 4. The van der Waals surface area contributed by atoms with Crippen molar-refractivity contribution in [1.82, 2.24) is 5.43 Å². The van der Waals surface area contributed by atoms with Gasteiger partial charge in [-0.15, -0.1) is 0 Å². The highest BCUT2D eigenvalue weighted by atomic mass is 35.5. The van der Waals surface area contributed by atoms with E-state index in [-0.39, 0.29) is 0 Å². The predicted octanol–water partition coefficient (Wildman–Crippen LogP) is 5.17. The maximum absolute atomic E-state index is 6.18. The number of amidine groups is 1. The zero-order chi connectivity index (χ0) is 18.6. The maximum Gasteiger partial charge on any atom is 0.154 e. The Morgan fingerprint density at radius 3 is 2.52 bits per heavy atom. The van der Waals surface area contributed by atoms with Crippen molar-refractivity contribution in [2.24, 2.45) is 10.1 Å². The van der Waals surface area contributed by atoms with Gasteiger partial charge in [-0.1, -0.05) is 41.9 Å². The third-order valence-electron chi connectivity index (χ3n) is 4.20. The standard InChI is InChI=1S/C22H18ClN3O/c1-2-27-18-12-10-15(11-13-18)22-24-20-9-4-3-8-19(20)21(25-26-22)16-6-5-7-17(23)14-16/h3-14H,2H2,1H3,(H,24,26). The lowest BCUT2D eigenvalue weighted by Gasteiger charge is -2.08. The number of benzene rings is 3. The molecule has 0 amide bonds. The number of hydrazone groups is 1. The van der Waals surface area contributed by atoms with E-state index in [2.05, 4.69) is 10.5 Å². The number of nitrogens with zero attached hydrogens (tertiary/aromatic N) is 2. The summed E-state index contributed by atoms with van der Waals surface area (Å²) in [4.78, 5) is 4.80. The van der Waals surface area contributed by atoms with Crippen LogP contribution in [-0.4, -0.2) is 18.2 Å². The molecule has 0 saturated carbocycles. The summed E-state index contributed by atoms with van der Waals surface area (Å²) in [5.74, 6) is 1.52. The van der Waals surface area contributed by atoms with Crippen molar-refractivity contribution in [1.29, 1.82) is 0 Å². The van der Waals surface area contributed by atoms with E-state index in [4.69, 9.17) is 21.3 Å². The fourth-order valence-corrected chi connectivity index (χ4v) is 3.14. The first-order valence-corrected chi connectivity index (χ1v) is 9.13. The molecular formula is C22H18ClN3O. The van der Waals surface area contributed by atoms with E-state index in [1.165, 1.54) is 0 Å². The number of hydrogen-bond acceptors (Lipinski definition) is 4. The van der Waals surface area contributed by atoms with E-state index in [0.717, 1.165) is 33.8 Å². The van der Waals surface area contributed by atoms with Crippen LogP contribution in [0.15, 0.2) is 82.9 Å². The molecule has 3 aromatic carbocycles. The molecule has 0 saturated heterocycles. The van der Waals surface area contributed by atoms with Gasteiger partial charge in [0.25, 0.3) is 0 Å². The zero-order valence-electron chi connectivity index (χ0n) is 14.8. The third kappa shape index (κ3) is 3.71. The third-order valence-corrected chi connectivity index (χ3v) is 4.44. The Balaban J connectivity index is 1.76. The van der Waals surface area contributed by atoms with Crippen molar-refractivity contribution >= 4 is 28.8 Å². The normalized spacial score (nSPS) is 13.0. The molecule has 1 aliphatic heterocycles. The van der Waals surface area contributed by atoms with Crippen molar-refractivity contribution in [2.45, 2.75) is 6.92 Å². The Labute approximate surface area is 163 Å². The molecule has 0 atom stereocenters. The highest BCUT2D eigenvalue weighted by molar-refractivity contribution is 6.31. The minimum absolute atomic E-state index is 0.638. The van der Waals surface area contributed by atoms with Crippen LogP contribution in [0.5, 0.6) is 5.75 Å². The van der Waals surface area contributed by atoms with E-state index in [0.29, 0.717) is 17.5 Å². The molecule has 5 heteroatoms. The van der Waals surface area contributed by atoms with E-state index in [9.17, 15) is 0 Å². The molecule has 0 unspecified atom stereocenters. The SMILES string of the molecule is CCOc1ccc(C2=Nc3ccccc3C(c3cccc(Cl)c3)=NN2)cc1. The van der Waals surface area contributed by atoms with Gasteiger partial charge in [-0.25, -0.2) is 4.99 Å². The molecule has 0 fully saturated rings. The van der Waals surface area contributed by atoms with E-state index >= 15 is 0 Å². The van der Waals surface area contributed by atoms with Crippen molar-refractivity contribution in [3.63, 3.8) is 0 Å². The predicted molar refractivity (Wildman–Crippen MR) is 110 cm³/mol. The van der Waals surface area contributed by atoms with Crippen LogP contribution in [0, 0.1) is 0 Å². The number of aliphatic imine (C=N–C) groups is 1. The molecule has 0 aliphatic carbocycles. The number of hydrogen-bond donors (Lipinski definition) is 1. The van der Waals surface area contributed by atoms with E-state index < -0.39 is 0 Å². The quantitative estimate of drug-likeness (QED) is 0.683. The van der Waals surface area contributed by atoms with Gasteiger partial charge in [0.15, 0.2) is 5.84 Å². The average Bonchev–Trinajstić information content (AvgIpc) is 2.89. The summed E-state index contributed by atoms with van der Waals surface area (Å²) in [6, 6.07) is 23.4. The summed E-state index contributed by atoms with van der Waals surface area (Å²) in [5, 5.41) is 5.31. The summed E-state index contributed by atoms with van der Waals surface area (Å²) in [7, 11) is 0. The molecule has 0 radical (unpaired) electrons.